The molecule has 0 fully saturated rings. The van der Waals surface area contributed by atoms with Crippen LogP contribution in [-0.4, -0.2) is 17.6 Å². The molecule has 27 heavy (non-hydrogen) atoms. The first-order valence-electron chi connectivity index (χ1n) is 8.18. The molecule has 0 spiro atoms. The standard InChI is InChI=1S/C19H16FN3O3S/c20-13-5-3-12(4-6-13)15-8-17(24)23-19(16(15)9-21)27-11-18(25)22-10-14-2-1-7-26-14/h1-7,15H,8,10-11H2,(H,22,25)(H,23,24)/t15-/m1/s1. The molecule has 2 aromatic rings. The minimum absolute atomic E-state index is 0.0393. The van der Waals surface area contributed by atoms with E-state index in [0.29, 0.717) is 21.9 Å². The Labute approximate surface area is 159 Å². The molecule has 0 bridgehead atoms. The lowest BCUT2D eigenvalue weighted by atomic mass is 9.87. The minimum Gasteiger partial charge on any atom is -0.467 e. The maximum atomic E-state index is 13.2. The number of benzene rings is 1. The molecule has 0 saturated carbocycles. The minimum atomic E-state index is -0.460. The summed E-state index contributed by atoms with van der Waals surface area (Å²) in [7, 11) is 0. The van der Waals surface area contributed by atoms with Gasteiger partial charge in [0.2, 0.25) is 11.8 Å². The van der Waals surface area contributed by atoms with Gasteiger partial charge in [-0.2, -0.15) is 5.26 Å². The normalized spacial score (nSPS) is 16.6. The first-order valence-corrected chi connectivity index (χ1v) is 9.17. The highest BCUT2D eigenvalue weighted by molar-refractivity contribution is 8.03. The molecule has 138 valence electrons. The van der Waals surface area contributed by atoms with E-state index in [1.165, 1.54) is 18.4 Å². The van der Waals surface area contributed by atoms with Crippen LogP contribution in [0.3, 0.4) is 0 Å². The molecule has 0 aliphatic carbocycles. The number of allylic oxidation sites excluding steroid dienone is 1. The van der Waals surface area contributed by atoms with Crippen molar-refractivity contribution in [3.63, 3.8) is 0 Å². The Bertz CT molecular complexity index is 901. The van der Waals surface area contributed by atoms with Crippen LogP contribution >= 0.6 is 11.8 Å². The number of hydrogen-bond acceptors (Lipinski definition) is 5. The maximum Gasteiger partial charge on any atom is 0.230 e. The Morgan fingerprint density at radius 3 is 2.81 bits per heavy atom. The Morgan fingerprint density at radius 2 is 2.15 bits per heavy atom. The predicted molar refractivity (Wildman–Crippen MR) is 97.6 cm³/mol. The van der Waals surface area contributed by atoms with Crippen molar-refractivity contribution in [2.24, 2.45) is 0 Å². The summed E-state index contributed by atoms with van der Waals surface area (Å²) in [4.78, 5) is 24.1. The average molecular weight is 385 g/mol. The molecule has 6 nitrogen and oxygen atoms in total. The van der Waals surface area contributed by atoms with Gasteiger partial charge in [0.25, 0.3) is 0 Å². The number of hydrogen-bond donors (Lipinski definition) is 2. The molecule has 0 radical (unpaired) electrons. The highest BCUT2D eigenvalue weighted by atomic mass is 32.2. The van der Waals surface area contributed by atoms with Crippen LogP contribution < -0.4 is 10.6 Å². The molecule has 2 N–H and O–H groups in total. The number of halogens is 1. The van der Waals surface area contributed by atoms with Crippen LogP contribution in [0.15, 0.2) is 57.7 Å². The third-order valence-electron chi connectivity index (χ3n) is 4.02. The van der Waals surface area contributed by atoms with Crippen molar-refractivity contribution < 1.29 is 18.4 Å². The van der Waals surface area contributed by atoms with Gasteiger partial charge in [0, 0.05) is 12.3 Å². The average Bonchev–Trinajstić information content (AvgIpc) is 3.18. The second-order valence-electron chi connectivity index (χ2n) is 5.86. The molecule has 1 aliphatic rings. The summed E-state index contributed by atoms with van der Waals surface area (Å²) < 4.78 is 18.3. The lowest BCUT2D eigenvalue weighted by Crippen LogP contribution is -2.32. The van der Waals surface area contributed by atoms with E-state index < -0.39 is 5.92 Å². The summed E-state index contributed by atoms with van der Waals surface area (Å²) in [5.41, 5.74) is 1.05. The Balaban J connectivity index is 1.69. The zero-order valence-electron chi connectivity index (χ0n) is 14.2. The number of carbonyl (C=O) groups excluding carboxylic acids is 2. The van der Waals surface area contributed by atoms with Crippen molar-refractivity contribution in [1.82, 2.24) is 10.6 Å². The molecule has 1 atom stereocenters. The molecule has 3 rings (SSSR count). The van der Waals surface area contributed by atoms with Crippen LogP contribution in [0.5, 0.6) is 0 Å². The Kier molecular flexibility index (Phi) is 5.94. The number of nitrogens with one attached hydrogen (secondary N) is 2. The quantitative estimate of drug-likeness (QED) is 0.797. The van der Waals surface area contributed by atoms with Crippen LogP contribution in [-0.2, 0) is 16.1 Å². The highest BCUT2D eigenvalue weighted by Gasteiger charge is 2.29. The summed E-state index contributed by atoms with van der Waals surface area (Å²) in [6.07, 6.45) is 1.62. The van der Waals surface area contributed by atoms with E-state index in [1.54, 1.807) is 24.3 Å². The van der Waals surface area contributed by atoms with Crippen molar-refractivity contribution in [3.05, 3.63) is 70.4 Å². The van der Waals surface area contributed by atoms with Gasteiger partial charge in [0.05, 0.1) is 35.2 Å². The summed E-state index contributed by atoms with van der Waals surface area (Å²) in [6, 6.07) is 11.3. The second-order valence-corrected chi connectivity index (χ2v) is 6.84. The largest absolute Gasteiger partial charge is 0.467 e. The molecular formula is C19H16FN3O3S. The third kappa shape index (κ3) is 4.77. The number of nitrogens with zero attached hydrogens (tertiary/aromatic N) is 1. The van der Waals surface area contributed by atoms with Crippen LogP contribution in [0.25, 0.3) is 0 Å². The number of furan rings is 1. The van der Waals surface area contributed by atoms with Crippen molar-refractivity contribution in [3.8, 4) is 6.07 Å². The lowest BCUT2D eigenvalue weighted by Gasteiger charge is -2.25. The molecule has 1 aromatic carbocycles. The number of thioether (sulfide) groups is 1. The summed E-state index contributed by atoms with van der Waals surface area (Å²) >= 11 is 1.09. The number of amides is 2. The third-order valence-corrected chi connectivity index (χ3v) is 5.03. The number of nitriles is 1. The van der Waals surface area contributed by atoms with Crippen LogP contribution in [0.2, 0.25) is 0 Å². The predicted octanol–water partition coefficient (Wildman–Crippen LogP) is 2.81. The molecule has 2 heterocycles. The fraction of sp³-hybridized carbons (Fsp3) is 0.211. The monoisotopic (exact) mass is 385 g/mol. The van der Waals surface area contributed by atoms with Gasteiger partial charge in [-0.15, -0.1) is 0 Å². The van der Waals surface area contributed by atoms with E-state index in [4.69, 9.17) is 4.42 Å². The number of rotatable bonds is 6. The SMILES string of the molecule is N#CC1=C(SCC(=O)NCc2ccco2)NC(=O)C[C@@H]1c1ccc(F)cc1. The van der Waals surface area contributed by atoms with Gasteiger partial charge in [-0.25, -0.2) is 4.39 Å². The van der Waals surface area contributed by atoms with E-state index in [2.05, 4.69) is 16.7 Å². The molecule has 8 heteroatoms. The van der Waals surface area contributed by atoms with Gasteiger partial charge in [0.1, 0.15) is 11.6 Å². The molecular weight excluding hydrogens is 369 g/mol. The van der Waals surface area contributed by atoms with Crippen molar-refractivity contribution >= 4 is 23.6 Å². The molecule has 1 aromatic heterocycles. The van der Waals surface area contributed by atoms with Crippen LogP contribution in [0, 0.1) is 17.1 Å². The van der Waals surface area contributed by atoms with Crippen molar-refractivity contribution in [2.75, 3.05) is 5.75 Å². The van der Waals surface area contributed by atoms with E-state index in [0.717, 1.165) is 11.8 Å². The van der Waals surface area contributed by atoms with E-state index in [9.17, 15) is 19.2 Å². The van der Waals surface area contributed by atoms with Gasteiger partial charge in [-0.3, -0.25) is 9.59 Å². The summed E-state index contributed by atoms with van der Waals surface area (Å²) in [5.74, 6) is -0.673. The van der Waals surface area contributed by atoms with Crippen molar-refractivity contribution in [2.45, 2.75) is 18.9 Å². The van der Waals surface area contributed by atoms with Gasteiger partial charge >= 0.3 is 0 Å². The fourth-order valence-corrected chi connectivity index (χ4v) is 3.61. The van der Waals surface area contributed by atoms with Crippen LogP contribution in [0.1, 0.15) is 23.7 Å². The summed E-state index contributed by atoms with van der Waals surface area (Å²) in [5, 5.41) is 15.3. The molecule has 1 aliphatic heterocycles. The first-order chi connectivity index (χ1) is 13.1. The Hall–Kier alpha value is -3.05. The van der Waals surface area contributed by atoms with Gasteiger partial charge in [0.15, 0.2) is 0 Å². The fourth-order valence-electron chi connectivity index (χ4n) is 2.70. The molecule has 0 saturated heterocycles. The smallest absolute Gasteiger partial charge is 0.230 e. The second kappa shape index (κ2) is 8.56. The van der Waals surface area contributed by atoms with Gasteiger partial charge in [-0.05, 0) is 29.8 Å². The summed E-state index contributed by atoms with van der Waals surface area (Å²) in [6.45, 7) is 0.265. The van der Waals surface area contributed by atoms with Crippen molar-refractivity contribution in [1.29, 1.82) is 5.26 Å². The topological polar surface area (TPSA) is 95.1 Å². The highest BCUT2D eigenvalue weighted by Crippen LogP contribution is 2.35. The number of carbonyl (C=O) groups is 2. The van der Waals surface area contributed by atoms with Crippen LogP contribution in [0.4, 0.5) is 4.39 Å². The van der Waals surface area contributed by atoms with E-state index in [1.807, 2.05) is 0 Å². The van der Waals surface area contributed by atoms with E-state index in [-0.39, 0.29) is 36.4 Å². The van der Waals surface area contributed by atoms with E-state index >= 15 is 0 Å². The zero-order valence-corrected chi connectivity index (χ0v) is 15.0. The van der Waals surface area contributed by atoms with Gasteiger partial charge < -0.3 is 15.1 Å². The Morgan fingerprint density at radius 1 is 1.37 bits per heavy atom. The maximum absolute atomic E-state index is 13.2. The lowest BCUT2D eigenvalue weighted by molar-refractivity contribution is -0.121. The zero-order chi connectivity index (χ0) is 19.2. The first kappa shape index (κ1) is 18.7. The molecule has 2 amide bonds. The van der Waals surface area contributed by atoms with Gasteiger partial charge in [-0.1, -0.05) is 23.9 Å². The molecule has 0 unspecified atom stereocenters.